The maximum absolute atomic E-state index is 13.4. The Bertz CT molecular complexity index is 1100. The van der Waals surface area contributed by atoms with Gasteiger partial charge >= 0.3 is 5.97 Å². The Morgan fingerprint density at radius 2 is 2.09 bits per heavy atom. The molecule has 0 aliphatic carbocycles. The molecule has 3 aliphatic heterocycles. The van der Waals surface area contributed by atoms with Gasteiger partial charge in [0.1, 0.15) is 11.4 Å². The molecule has 2 fully saturated rings. The molecule has 4 atom stereocenters. The molecule has 2 saturated heterocycles. The largest absolute Gasteiger partial charge is 0.487 e. The quantitative estimate of drug-likeness (QED) is 0.634. The van der Waals surface area contributed by atoms with Crippen LogP contribution in [0.5, 0.6) is 5.75 Å². The molecule has 2 aromatic rings. The van der Waals surface area contributed by atoms with Gasteiger partial charge in [0, 0.05) is 43.7 Å². The standard InChI is InChI=1S/C26H33N3O6/c1-3-20-27-21(35-28-20)9-10-22(30)29-14-6-12-26(29)15-18-24(33-16-26)17-7-4-5-8-19(17)34-25(18,2)13-11-23(31)32/h4-5,7-8,18,24H,3,6,9-16H2,1-2H3,(H,31,32)/t18-,24+,25+,26+/m1/s1. The lowest BCUT2D eigenvalue weighted by Gasteiger charge is -2.54. The number of carboxylic acids is 1. The minimum atomic E-state index is -0.846. The Morgan fingerprint density at radius 3 is 2.86 bits per heavy atom. The molecule has 1 amide bonds. The number of aromatic nitrogens is 2. The van der Waals surface area contributed by atoms with Crippen molar-refractivity contribution in [3.8, 4) is 5.75 Å². The van der Waals surface area contributed by atoms with Crippen molar-refractivity contribution >= 4 is 11.9 Å². The monoisotopic (exact) mass is 483 g/mol. The molecule has 5 rings (SSSR count). The van der Waals surface area contributed by atoms with E-state index in [1.807, 2.05) is 43.0 Å². The topological polar surface area (TPSA) is 115 Å². The Hall–Kier alpha value is -2.94. The fraction of sp³-hybridized carbons (Fsp3) is 0.615. The fourth-order valence-electron chi connectivity index (χ4n) is 6.08. The average molecular weight is 484 g/mol. The summed E-state index contributed by atoms with van der Waals surface area (Å²) in [6.45, 7) is 5.10. The van der Waals surface area contributed by atoms with Gasteiger partial charge in [-0.15, -0.1) is 0 Å². The van der Waals surface area contributed by atoms with Crippen LogP contribution in [0.4, 0.5) is 0 Å². The van der Waals surface area contributed by atoms with Crippen LogP contribution >= 0.6 is 0 Å². The summed E-state index contributed by atoms with van der Waals surface area (Å²) in [5, 5.41) is 13.3. The fourth-order valence-corrected chi connectivity index (χ4v) is 6.08. The van der Waals surface area contributed by atoms with Crippen molar-refractivity contribution in [2.24, 2.45) is 5.92 Å². The second-order valence-electron chi connectivity index (χ2n) is 10.2. The molecule has 3 aliphatic rings. The van der Waals surface area contributed by atoms with E-state index in [2.05, 4.69) is 10.1 Å². The van der Waals surface area contributed by atoms with Crippen LogP contribution < -0.4 is 4.74 Å². The van der Waals surface area contributed by atoms with Crippen LogP contribution in [0.25, 0.3) is 0 Å². The molecule has 1 aromatic heterocycles. The molecule has 9 heteroatoms. The van der Waals surface area contributed by atoms with Crippen LogP contribution in [0.1, 0.15) is 75.8 Å². The first kappa shape index (κ1) is 23.8. The van der Waals surface area contributed by atoms with Gasteiger partial charge in [0.2, 0.25) is 11.8 Å². The van der Waals surface area contributed by atoms with Crippen molar-refractivity contribution in [2.75, 3.05) is 13.2 Å². The zero-order chi connectivity index (χ0) is 24.6. The van der Waals surface area contributed by atoms with Crippen LogP contribution in [0.3, 0.4) is 0 Å². The first-order valence-electron chi connectivity index (χ1n) is 12.6. The van der Waals surface area contributed by atoms with Gasteiger partial charge in [0.15, 0.2) is 5.82 Å². The van der Waals surface area contributed by atoms with E-state index < -0.39 is 17.1 Å². The van der Waals surface area contributed by atoms with Gasteiger partial charge in [0.05, 0.1) is 18.2 Å². The Balaban J connectivity index is 1.37. The third-order valence-corrected chi connectivity index (χ3v) is 7.96. The minimum absolute atomic E-state index is 0.0153. The highest BCUT2D eigenvalue weighted by atomic mass is 16.5. The summed E-state index contributed by atoms with van der Waals surface area (Å²) in [4.78, 5) is 31.1. The summed E-state index contributed by atoms with van der Waals surface area (Å²) < 4.78 is 18.3. The number of aliphatic carboxylic acids is 1. The molecular formula is C26H33N3O6. The van der Waals surface area contributed by atoms with Gasteiger partial charge in [-0.25, -0.2) is 0 Å². The molecule has 1 aromatic carbocycles. The van der Waals surface area contributed by atoms with Crippen molar-refractivity contribution in [1.29, 1.82) is 0 Å². The lowest BCUT2D eigenvalue weighted by molar-refractivity contribution is -0.180. The number of para-hydroxylation sites is 1. The van der Waals surface area contributed by atoms with E-state index in [0.29, 0.717) is 57.0 Å². The van der Waals surface area contributed by atoms with Crippen molar-refractivity contribution in [2.45, 2.75) is 82.5 Å². The molecule has 4 heterocycles. The molecule has 0 unspecified atom stereocenters. The number of hydrogen-bond donors (Lipinski definition) is 1. The number of rotatable bonds is 7. The van der Waals surface area contributed by atoms with E-state index >= 15 is 0 Å². The highest BCUT2D eigenvalue weighted by Gasteiger charge is 2.57. The van der Waals surface area contributed by atoms with Crippen molar-refractivity contribution in [3.05, 3.63) is 41.5 Å². The number of carbonyl (C=O) groups excluding carboxylic acids is 1. The van der Waals surface area contributed by atoms with Gasteiger partial charge in [-0.2, -0.15) is 4.98 Å². The Kier molecular flexibility index (Phi) is 6.29. The number of likely N-dealkylation sites (tertiary alicyclic amines) is 1. The molecule has 35 heavy (non-hydrogen) atoms. The zero-order valence-corrected chi connectivity index (χ0v) is 20.4. The predicted molar refractivity (Wildman–Crippen MR) is 125 cm³/mol. The third-order valence-electron chi connectivity index (χ3n) is 7.96. The van der Waals surface area contributed by atoms with E-state index in [-0.39, 0.29) is 24.3 Å². The predicted octanol–water partition coefficient (Wildman–Crippen LogP) is 3.72. The van der Waals surface area contributed by atoms with Gasteiger partial charge in [-0.1, -0.05) is 30.3 Å². The number of hydrogen-bond acceptors (Lipinski definition) is 7. The van der Waals surface area contributed by atoms with Crippen molar-refractivity contribution < 1.29 is 28.7 Å². The van der Waals surface area contributed by atoms with Crippen molar-refractivity contribution in [3.63, 3.8) is 0 Å². The SMILES string of the molecule is CCc1noc(CCC(=O)N2CCC[C@]23CO[C@H]2c4ccccc4O[C@@](C)(CCC(=O)O)[C@@H]2C3)n1. The highest BCUT2D eigenvalue weighted by molar-refractivity contribution is 5.77. The number of amides is 1. The first-order valence-corrected chi connectivity index (χ1v) is 12.6. The summed E-state index contributed by atoms with van der Waals surface area (Å²) in [5.41, 5.74) is -0.122. The summed E-state index contributed by atoms with van der Waals surface area (Å²) >= 11 is 0. The number of carbonyl (C=O) groups is 2. The molecule has 9 nitrogen and oxygen atoms in total. The summed E-state index contributed by atoms with van der Waals surface area (Å²) in [6.07, 6.45) is 4.11. The van der Waals surface area contributed by atoms with E-state index in [9.17, 15) is 14.7 Å². The minimum Gasteiger partial charge on any atom is -0.487 e. The number of nitrogens with zero attached hydrogens (tertiary/aromatic N) is 3. The van der Waals surface area contributed by atoms with E-state index in [1.165, 1.54) is 0 Å². The second-order valence-corrected chi connectivity index (χ2v) is 10.2. The Morgan fingerprint density at radius 1 is 1.26 bits per heavy atom. The summed E-state index contributed by atoms with van der Waals surface area (Å²) in [6, 6.07) is 7.84. The normalized spacial score (nSPS) is 29.5. The molecule has 0 saturated carbocycles. The molecule has 1 N–H and O–H groups in total. The third kappa shape index (κ3) is 4.42. The van der Waals surface area contributed by atoms with Crippen LogP contribution in [0.15, 0.2) is 28.8 Å². The number of fused-ring (bicyclic) bond motifs is 3. The van der Waals surface area contributed by atoms with Gasteiger partial charge in [0.25, 0.3) is 0 Å². The number of benzene rings is 1. The summed E-state index contributed by atoms with van der Waals surface area (Å²) in [7, 11) is 0. The number of ether oxygens (including phenoxy) is 2. The zero-order valence-electron chi connectivity index (χ0n) is 20.4. The number of aryl methyl sites for hydroxylation is 2. The lowest BCUT2D eigenvalue weighted by atomic mass is 9.68. The summed E-state index contributed by atoms with van der Waals surface area (Å²) in [5.74, 6) is 1.04. The van der Waals surface area contributed by atoms with Crippen LogP contribution in [0.2, 0.25) is 0 Å². The van der Waals surface area contributed by atoms with Crippen LogP contribution in [0, 0.1) is 5.92 Å². The maximum Gasteiger partial charge on any atom is 0.303 e. The molecule has 0 radical (unpaired) electrons. The highest BCUT2D eigenvalue weighted by Crippen LogP contribution is 2.55. The van der Waals surface area contributed by atoms with E-state index in [4.69, 9.17) is 14.0 Å². The van der Waals surface area contributed by atoms with Gasteiger partial charge in [-0.05, 0) is 38.7 Å². The number of carboxylic acid groups (broad SMARTS) is 1. The molecule has 188 valence electrons. The van der Waals surface area contributed by atoms with E-state index in [1.54, 1.807) is 0 Å². The van der Waals surface area contributed by atoms with Crippen LogP contribution in [-0.2, 0) is 27.2 Å². The molecule has 0 bridgehead atoms. The van der Waals surface area contributed by atoms with Crippen molar-refractivity contribution in [1.82, 2.24) is 15.0 Å². The molecular weight excluding hydrogens is 450 g/mol. The van der Waals surface area contributed by atoms with Crippen LogP contribution in [-0.4, -0.2) is 56.3 Å². The van der Waals surface area contributed by atoms with E-state index in [0.717, 1.165) is 24.2 Å². The van der Waals surface area contributed by atoms with Gasteiger partial charge in [-0.3, -0.25) is 9.59 Å². The first-order chi connectivity index (χ1) is 16.8. The maximum atomic E-state index is 13.4. The lowest BCUT2D eigenvalue weighted by Crippen LogP contribution is -2.60. The van der Waals surface area contributed by atoms with Gasteiger partial charge < -0.3 is 24.0 Å². The Labute approximate surface area is 204 Å². The second kappa shape index (κ2) is 9.26. The average Bonchev–Trinajstić information content (AvgIpc) is 3.49. The smallest absolute Gasteiger partial charge is 0.303 e. The molecule has 1 spiro atoms.